The van der Waals surface area contributed by atoms with Gasteiger partial charge in [0.15, 0.2) is 0 Å². The molecule has 11 nitrogen and oxygen atoms in total. The lowest BCUT2D eigenvalue weighted by Crippen LogP contribution is -2.15. The number of nitrogens with zero attached hydrogens (tertiary/aromatic N) is 7. The third-order valence-electron chi connectivity index (χ3n) is 4.28. The number of amides is 1. The Morgan fingerprint density at radius 3 is 2.80 bits per heavy atom. The van der Waals surface area contributed by atoms with Gasteiger partial charge in [0.25, 0.3) is 5.95 Å². The molecule has 4 rings (SSSR count). The van der Waals surface area contributed by atoms with Gasteiger partial charge in [0.2, 0.25) is 5.91 Å². The number of nitrogens with one attached hydrogen (secondary N) is 1. The average Bonchev–Trinajstić information content (AvgIpc) is 3.33. The molecule has 30 heavy (non-hydrogen) atoms. The van der Waals surface area contributed by atoms with Gasteiger partial charge in [-0.05, 0) is 34.7 Å². The molecular formula is C19H20N8O3. The first-order valence-electron chi connectivity index (χ1n) is 9.23. The number of rotatable bonds is 8. The zero-order valence-corrected chi connectivity index (χ0v) is 16.5. The van der Waals surface area contributed by atoms with E-state index in [-0.39, 0.29) is 18.9 Å². The van der Waals surface area contributed by atoms with Gasteiger partial charge in [0.05, 0.1) is 29.8 Å². The Bertz CT molecular complexity index is 1170. The molecule has 11 heteroatoms. The molecule has 3 heterocycles. The predicted octanol–water partition coefficient (Wildman–Crippen LogP) is 1.50. The van der Waals surface area contributed by atoms with E-state index in [0.717, 1.165) is 11.0 Å². The molecule has 0 aliphatic rings. The molecular weight excluding hydrogens is 388 g/mol. The molecule has 0 atom stereocenters. The highest BCUT2D eigenvalue weighted by Crippen LogP contribution is 2.25. The van der Waals surface area contributed by atoms with Gasteiger partial charge in [-0.25, -0.2) is 14.2 Å². The lowest BCUT2D eigenvalue weighted by Gasteiger charge is -2.09. The fourth-order valence-electron chi connectivity index (χ4n) is 2.88. The lowest BCUT2D eigenvalue weighted by atomic mass is 10.3. The summed E-state index contributed by atoms with van der Waals surface area (Å²) in [6.07, 6.45) is 0.259. The summed E-state index contributed by atoms with van der Waals surface area (Å²) < 4.78 is 14.1. The Hall–Kier alpha value is -3.86. The molecule has 1 aromatic carbocycles. The van der Waals surface area contributed by atoms with Gasteiger partial charge in [-0.15, -0.1) is 0 Å². The van der Waals surface area contributed by atoms with E-state index in [9.17, 15) is 4.79 Å². The number of aryl methyl sites for hydroxylation is 1. The number of ether oxygens (including phenoxy) is 2. The van der Waals surface area contributed by atoms with Crippen LogP contribution in [0, 0.1) is 0 Å². The molecule has 0 spiro atoms. The van der Waals surface area contributed by atoms with Gasteiger partial charge >= 0.3 is 6.01 Å². The molecule has 4 aromatic rings. The summed E-state index contributed by atoms with van der Waals surface area (Å²) >= 11 is 0. The van der Waals surface area contributed by atoms with Gasteiger partial charge in [0.1, 0.15) is 12.4 Å². The number of hydrogen-bond donors (Lipinski definition) is 1. The number of methoxy groups -OCH3 is 1. The van der Waals surface area contributed by atoms with Gasteiger partial charge < -0.3 is 14.8 Å². The first-order chi connectivity index (χ1) is 14.7. The van der Waals surface area contributed by atoms with E-state index in [1.807, 2.05) is 30.3 Å². The molecule has 1 amide bonds. The third-order valence-corrected chi connectivity index (χ3v) is 4.28. The first kappa shape index (κ1) is 19.5. The highest BCUT2D eigenvalue weighted by atomic mass is 16.5. The SMILES string of the molecule is COCCC(=O)Nc1cccc(COc2nc3ccccc3n2-c2nnnn2C)n1. The van der Waals surface area contributed by atoms with E-state index < -0.39 is 0 Å². The molecule has 0 saturated heterocycles. The fourth-order valence-corrected chi connectivity index (χ4v) is 2.88. The van der Waals surface area contributed by atoms with Crippen molar-refractivity contribution in [1.29, 1.82) is 0 Å². The second-order valence-corrected chi connectivity index (χ2v) is 6.41. The van der Waals surface area contributed by atoms with Crippen molar-refractivity contribution in [3.05, 3.63) is 48.2 Å². The quantitative estimate of drug-likeness (QED) is 0.465. The van der Waals surface area contributed by atoms with Crippen LogP contribution >= 0.6 is 0 Å². The van der Waals surface area contributed by atoms with Crippen molar-refractivity contribution in [2.75, 3.05) is 19.0 Å². The molecule has 0 radical (unpaired) electrons. The number of hydrogen-bond acceptors (Lipinski definition) is 8. The normalized spacial score (nSPS) is 11.0. The molecule has 0 bridgehead atoms. The van der Waals surface area contributed by atoms with E-state index in [1.165, 1.54) is 4.68 Å². The van der Waals surface area contributed by atoms with Crippen LogP contribution in [0.3, 0.4) is 0 Å². The second-order valence-electron chi connectivity index (χ2n) is 6.41. The van der Waals surface area contributed by atoms with Crippen molar-refractivity contribution >= 4 is 22.8 Å². The summed E-state index contributed by atoms with van der Waals surface area (Å²) in [6.45, 7) is 0.498. The maximum absolute atomic E-state index is 11.9. The molecule has 0 saturated carbocycles. The van der Waals surface area contributed by atoms with Crippen LogP contribution in [0.25, 0.3) is 17.0 Å². The summed E-state index contributed by atoms with van der Waals surface area (Å²) in [4.78, 5) is 20.8. The number of tetrazole rings is 1. The topological polar surface area (TPSA) is 122 Å². The van der Waals surface area contributed by atoms with Crippen molar-refractivity contribution in [2.45, 2.75) is 13.0 Å². The van der Waals surface area contributed by atoms with Crippen molar-refractivity contribution < 1.29 is 14.3 Å². The Morgan fingerprint density at radius 1 is 1.13 bits per heavy atom. The lowest BCUT2D eigenvalue weighted by molar-refractivity contribution is -0.117. The highest BCUT2D eigenvalue weighted by Gasteiger charge is 2.18. The van der Waals surface area contributed by atoms with Crippen LogP contribution in [0.2, 0.25) is 0 Å². The number of carbonyl (C=O) groups is 1. The van der Waals surface area contributed by atoms with Crippen molar-refractivity contribution in [1.82, 2.24) is 34.7 Å². The number of anilines is 1. The largest absolute Gasteiger partial charge is 0.458 e. The Labute approximate surface area is 171 Å². The van der Waals surface area contributed by atoms with Crippen LogP contribution in [0.15, 0.2) is 42.5 Å². The molecule has 0 aliphatic heterocycles. The summed E-state index contributed by atoms with van der Waals surface area (Å²) in [7, 11) is 3.29. The van der Waals surface area contributed by atoms with E-state index in [2.05, 4.69) is 30.8 Å². The van der Waals surface area contributed by atoms with Crippen molar-refractivity contribution in [3.8, 4) is 12.0 Å². The summed E-state index contributed by atoms with van der Waals surface area (Å²) in [5, 5.41) is 14.4. The molecule has 0 fully saturated rings. The fraction of sp³-hybridized carbons (Fsp3) is 0.263. The molecule has 3 aromatic heterocycles. The van der Waals surface area contributed by atoms with Crippen molar-refractivity contribution in [2.24, 2.45) is 7.05 Å². The number of benzene rings is 1. The summed E-state index contributed by atoms with van der Waals surface area (Å²) in [6, 6.07) is 13.3. The number of fused-ring (bicyclic) bond motifs is 1. The predicted molar refractivity (Wildman–Crippen MR) is 107 cm³/mol. The average molecular weight is 408 g/mol. The Balaban J connectivity index is 1.55. The Morgan fingerprint density at radius 2 is 2.00 bits per heavy atom. The minimum Gasteiger partial charge on any atom is -0.458 e. The van der Waals surface area contributed by atoms with Crippen LogP contribution in [0.4, 0.5) is 5.82 Å². The third kappa shape index (κ3) is 4.10. The second kappa shape index (κ2) is 8.66. The number of aromatic nitrogens is 7. The van der Waals surface area contributed by atoms with Gasteiger partial charge in [-0.3, -0.25) is 4.79 Å². The summed E-state index contributed by atoms with van der Waals surface area (Å²) in [5.41, 5.74) is 2.20. The van der Waals surface area contributed by atoms with Gasteiger partial charge in [0, 0.05) is 14.2 Å². The van der Waals surface area contributed by atoms with E-state index in [4.69, 9.17) is 9.47 Å². The van der Waals surface area contributed by atoms with Gasteiger partial charge in [-0.2, -0.15) is 4.98 Å². The number of para-hydroxylation sites is 2. The molecule has 0 unspecified atom stereocenters. The zero-order valence-electron chi connectivity index (χ0n) is 16.5. The number of carbonyl (C=O) groups excluding carboxylic acids is 1. The number of imidazole rings is 1. The molecule has 154 valence electrons. The van der Waals surface area contributed by atoms with E-state index in [0.29, 0.717) is 30.1 Å². The molecule has 1 N–H and O–H groups in total. The van der Waals surface area contributed by atoms with Crippen LogP contribution in [0.5, 0.6) is 6.01 Å². The van der Waals surface area contributed by atoms with Gasteiger partial charge in [-0.1, -0.05) is 23.3 Å². The van der Waals surface area contributed by atoms with E-state index in [1.54, 1.807) is 30.9 Å². The van der Waals surface area contributed by atoms with Crippen LogP contribution in [-0.2, 0) is 23.2 Å². The first-order valence-corrected chi connectivity index (χ1v) is 9.23. The number of pyridine rings is 1. The molecule has 0 aliphatic carbocycles. The Kier molecular flexibility index (Phi) is 5.61. The van der Waals surface area contributed by atoms with Crippen LogP contribution in [-0.4, -0.2) is 54.4 Å². The maximum Gasteiger partial charge on any atom is 0.305 e. The maximum atomic E-state index is 11.9. The van der Waals surface area contributed by atoms with Crippen LogP contribution < -0.4 is 10.1 Å². The van der Waals surface area contributed by atoms with Crippen LogP contribution in [0.1, 0.15) is 12.1 Å². The smallest absolute Gasteiger partial charge is 0.305 e. The monoisotopic (exact) mass is 408 g/mol. The van der Waals surface area contributed by atoms with Crippen molar-refractivity contribution in [3.63, 3.8) is 0 Å². The zero-order chi connectivity index (χ0) is 20.9. The summed E-state index contributed by atoms with van der Waals surface area (Å²) in [5.74, 6) is 0.757. The highest BCUT2D eigenvalue weighted by molar-refractivity contribution is 5.89. The minimum atomic E-state index is -0.168. The minimum absolute atomic E-state index is 0.149. The standard InChI is InChI=1S/C19H20N8O3/c1-26-18(23-24-25-26)27-15-8-4-3-7-14(15)21-19(27)30-12-13-6-5-9-16(20-13)22-17(28)10-11-29-2/h3-9H,10-12H2,1-2H3,(H,20,22,28). The van der Waals surface area contributed by atoms with E-state index >= 15 is 0 Å².